The Morgan fingerprint density at radius 3 is 3.12 bits per heavy atom. The normalized spacial score (nSPS) is 18.4. The van der Waals surface area contributed by atoms with Crippen LogP contribution in [-0.2, 0) is 4.79 Å². The van der Waals surface area contributed by atoms with Gasteiger partial charge in [-0.25, -0.2) is 0 Å². The third-order valence-electron chi connectivity index (χ3n) is 2.67. The van der Waals surface area contributed by atoms with E-state index in [-0.39, 0.29) is 11.9 Å². The largest absolute Gasteiger partial charge is 0.493 e. The molecule has 1 aliphatic rings. The van der Waals surface area contributed by atoms with E-state index in [1.54, 1.807) is 0 Å². The minimum absolute atomic E-state index is 0.00389. The highest BCUT2D eigenvalue weighted by Gasteiger charge is 2.21. The number of hydrogen-bond acceptors (Lipinski definition) is 3. The summed E-state index contributed by atoms with van der Waals surface area (Å²) < 4.78 is 5.52. The number of ether oxygens (including phenoxy) is 1. The molecule has 1 heterocycles. The van der Waals surface area contributed by atoms with Crippen LogP contribution in [-0.4, -0.2) is 19.1 Å². The Kier molecular flexibility index (Phi) is 3.41. The first kappa shape index (κ1) is 11.0. The van der Waals surface area contributed by atoms with Crippen molar-refractivity contribution in [2.75, 3.05) is 13.2 Å². The molecule has 0 radical (unpaired) electrons. The summed E-state index contributed by atoms with van der Waals surface area (Å²) in [6.45, 7) is 1.03. The van der Waals surface area contributed by atoms with E-state index < -0.39 is 0 Å². The molecule has 1 unspecified atom stereocenters. The monoisotopic (exact) mass is 220 g/mol. The fourth-order valence-corrected chi connectivity index (χ4v) is 1.89. The zero-order valence-corrected chi connectivity index (χ0v) is 9.11. The third kappa shape index (κ3) is 2.33. The lowest BCUT2D eigenvalue weighted by Crippen LogP contribution is -2.33. The van der Waals surface area contributed by atoms with Crippen molar-refractivity contribution in [3.63, 3.8) is 0 Å². The number of benzene rings is 1. The predicted octanol–water partition coefficient (Wildman–Crippen LogP) is 0.975. The Morgan fingerprint density at radius 2 is 2.31 bits per heavy atom. The van der Waals surface area contributed by atoms with E-state index in [9.17, 15) is 4.79 Å². The molecule has 0 fully saturated rings. The van der Waals surface area contributed by atoms with Crippen LogP contribution in [0.15, 0.2) is 24.3 Å². The first-order valence-electron chi connectivity index (χ1n) is 5.52. The first-order chi connectivity index (χ1) is 7.81. The van der Waals surface area contributed by atoms with Crippen LogP contribution in [0, 0.1) is 0 Å². The van der Waals surface area contributed by atoms with E-state index >= 15 is 0 Å². The topological polar surface area (TPSA) is 64.4 Å². The average molecular weight is 220 g/mol. The molecule has 1 amide bonds. The van der Waals surface area contributed by atoms with E-state index in [0.717, 1.165) is 17.7 Å². The molecule has 1 aromatic carbocycles. The van der Waals surface area contributed by atoms with Gasteiger partial charge in [-0.3, -0.25) is 4.79 Å². The van der Waals surface area contributed by atoms with Crippen LogP contribution < -0.4 is 15.8 Å². The van der Waals surface area contributed by atoms with E-state index in [1.807, 2.05) is 24.3 Å². The third-order valence-corrected chi connectivity index (χ3v) is 2.67. The Hall–Kier alpha value is -1.55. The van der Waals surface area contributed by atoms with Crippen molar-refractivity contribution in [2.45, 2.75) is 18.9 Å². The van der Waals surface area contributed by atoms with E-state index in [0.29, 0.717) is 19.6 Å². The highest BCUT2D eigenvalue weighted by molar-refractivity contribution is 5.76. The molecule has 86 valence electrons. The predicted molar refractivity (Wildman–Crippen MR) is 61.1 cm³/mol. The second kappa shape index (κ2) is 4.99. The molecule has 4 nitrogen and oxygen atoms in total. The summed E-state index contributed by atoms with van der Waals surface area (Å²) in [6.07, 6.45) is 1.19. The Bertz CT molecular complexity index is 379. The van der Waals surface area contributed by atoms with Gasteiger partial charge in [-0.1, -0.05) is 18.2 Å². The van der Waals surface area contributed by atoms with E-state index in [1.165, 1.54) is 0 Å². The summed E-state index contributed by atoms with van der Waals surface area (Å²) in [5, 5.41) is 2.98. The van der Waals surface area contributed by atoms with Gasteiger partial charge in [0.25, 0.3) is 0 Å². The second-order valence-electron chi connectivity index (χ2n) is 3.83. The van der Waals surface area contributed by atoms with Gasteiger partial charge >= 0.3 is 0 Å². The van der Waals surface area contributed by atoms with Crippen LogP contribution >= 0.6 is 0 Å². The number of amides is 1. The molecule has 0 aliphatic carbocycles. The summed E-state index contributed by atoms with van der Waals surface area (Å²) in [6, 6.07) is 7.86. The number of fused-ring (bicyclic) bond motifs is 1. The number of hydrogen-bond donors (Lipinski definition) is 2. The van der Waals surface area contributed by atoms with Gasteiger partial charge in [0, 0.05) is 24.9 Å². The highest BCUT2D eigenvalue weighted by Crippen LogP contribution is 2.31. The fourth-order valence-electron chi connectivity index (χ4n) is 1.89. The van der Waals surface area contributed by atoms with Gasteiger partial charge in [0.1, 0.15) is 5.75 Å². The fraction of sp³-hybridized carbons (Fsp3) is 0.417. The second-order valence-corrected chi connectivity index (χ2v) is 3.83. The van der Waals surface area contributed by atoms with Crippen molar-refractivity contribution in [2.24, 2.45) is 5.73 Å². The number of nitrogens with one attached hydrogen (secondary N) is 1. The van der Waals surface area contributed by atoms with Crippen molar-refractivity contribution in [1.82, 2.24) is 5.32 Å². The molecule has 1 atom stereocenters. The number of carbonyl (C=O) groups is 1. The molecule has 1 aromatic rings. The van der Waals surface area contributed by atoms with E-state index in [2.05, 4.69) is 5.32 Å². The standard InChI is InChI=1S/C12H16N2O2/c13-7-5-12(15)14-10-6-8-16-11-4-2-1-3-9(10)11/h1-4,10H,5-8,13H2,(H,14,15). The van der Waals surface area contributed by atoms with Crippen molar-refractivity contribution in [3.05, 3.63) is 29.8 Å². The quantitative estimate of drug-likeness (QED) is 0.798. The molecule has 2 rings (SSSR count). The van der Waals surface area contributed by atoms with Gasteiger partial charge in [-0.2, -0.15) is 0 Å². The van der Waals surface area contributed by atoms with Gasteiger partial charge in [-0.15, -0.1) is 0 Å². The maximum atomic E-state index is 11.5. The molecular weight excluding hydrogens is 204 g/mol. The summed E-state index contributed by atoms with van der Waals surface area (Å²) in [4.78, 5) is 11.5. The van der Waals surface area contributed by atoms with E-state index in [4.69, 9.17) is 10.5 Å². The summed E-state index contributed by atoms with van der Waals surface area (Å²) in [5.41, 5.74) is 6.40. The Labute approximate surface area is 94.8 Å². The molecule has 1 aliphatic heterocycles. The first-order valence-corrected chi connectivity index (χ1v) is 5.52. The number of carbonyl (C=O) groups excluding carboxylic acids is 1. The zero-order chi connectivity index (χ0) is 11.4. The maximum Gasteiger partial charge on any atom is 0.221 e. The minimum atomic E-state index is 0.00389. The molecule has 3 N–H and O–H groups in total. The van der Waals surface area contributed by atoms with Crippen LogP contribution in [0.4, 0.5) is 0 Å². The van der Waals surface area contributed by atoms with Crippen molar-refractivity contribution in [1.29, 1.82) is 0 Å². The molecule has 16 heavy (non-hydrogen) atoms. The van der Waals surface area contributed by atoms with Crippen molar-refractivity contribution >= 4 is 5.91 Å². The van der Waals surface area contributed by atoms with Gasteiger partial charge in [0.2, 0.25) is 5.91 Å². The van der Waals surface area contributed by atoms with Crippen molar-refractivity contribution in [3.8, 4) is 5.75 Å². The number of rotatable bonds is 3. The van der Waals surface area contributed by atoms with Crippen LogP contribution in [0.25, 0.3) is 0 Å². The van der Waals surface area contributed by atoms with Crippen LogP contribution in [0.1, 0.15) is 24.4 Å². The molecular formula is C12H16N2O2. The van der Waals surface area contributed by atoms with Gasteiger partial charge in [0.15, 0.2) is 0 Å². The highest BCUT2D eigenvalue weighted by atomic mass is 16.5. The van der Waals surface area contributed by atoms with Crippen LogP contribution in [0.3, 0.4) is 0 Å². The zero-order valence-electron chi connectivity index (χ0n) is 9.11. The van der Waals surface area contributed by atoms with Gasteiger partial charge in [-0.05, 0) is 6.07 Å². The molecule has 0 bridgehead atoms. The summed E-state index contributed by atoms with van der Waals surface area (Å²) >= 11 is 0. The van der Waals surface area contributed by atoms with Gasteiger partial charge < -0.3 is 15.8 Å². The van der Waals surface area contributed by atoms with Crippen molar-refractivity contribution < 1.29 is 9.53 Å². The molecule has 4 heteroatoms. The SMILES string of the molecule is NCCC(=O)NC1CCOc2ccccc21. The smallest absolute Gasteiger partial charge is 0.221 e. The Balaban J connectivity index is 2.10. The molecule has 0 saturated heterocycles. The minimum Gasteiger partial charge on any atom is -0.493 e. The maximum absolute atomic E-state index is 11.5. The summed E-state index contributed by atoms with van der Waals surface area (Å²) in [5.74, 6) is 0.871. The van der Waals surface area contributed by atoms with Crippen LogP contribution in [0.2, 0.25) is 0 Å². The van der Waals surface area contributed by atoms with Gasteiger partial charge in [0.05, 0.1) is 12.6 Å². The average Bonchev–Trinajstić information content (AvgIpc) is 2.30. The number of nitrogens with two attached hydrogens (primary N) is 1. The molecule has 0 spiro atoms. The lowest BCUT2D eigenvalue weighted by atomic mass is 10.0. The summed E-state index contributed by atoms with van der Waals surface area (Å²) in [7, 11) is 0. The Morgan fingerprint density at radius 1 is 1.50 bits per heavy atom. The molecule has 0 saturated carbocycles. The molecule has 0 aromatic heterocycles. The number of para-hydroxylation sites is 1. The lowest BCUT2D eigenvalue weighted by molar-refractivity contribution is -0.121. The van der Waals surface area contributed by atoms with Crippen LogP contribution in [0.5, 0.6) is 5.75 Å². The lowest BCUT2D eigenvalue weighted by Gasteiger charge is -2.26.